The van der Waals surface area contributed by atoms with Crippen molar-refractivity contribution in [3.8, 4) is 17.1 Å². The molecule has 0 aliphatic rings. The zero-order chi connectivity index (χ0) is 23.2. The zero-order valence-electron chi connectivity index (χ0n) is 17.6. The first-order chi connectivity index (χ1) is 16.0. The minimum atomic E-state index is -0.241. The van der Waals surface area contributed by atoms with Crippen molar-refractivity contribution in [2.24, 2.45) is 5.10 Å². The number of carbonyl (C=O) groups is 1. The van der Waals surface area contributed by atoms with Crippen molar-refractivity contribution in [1.82, 2.24) is 20.2 Å². The van der Waals surface area contributed by atoms with E-state index in [0.717, 1.165) is 26.9 Å². The molecule has 1 N–H and O–H groups in total. The molecule has 0 unspecified atom stereocenters. The number of halogens is 2. The first kappa shape index (κ1) is 23.2. The average Bonchev–Trinajstić information content (AvgIpc) is 3.24. The van der Waals surface area contributed by atoms with Gasteiger partial charge in [-0.1, -0.05) is 75.2 Å². The van der Waals surface area contributed by atoms with Crippen molar-refractivity contribution < 1.29 is 4.79 Å². The Balaban J connectivity index is 1.52. The number of nitrogens with one attached hydrogen (secondary N) is 1. The Morgan fingerprint density at radius 2 is 1.82 bits per heavy atom. The van der Waals surface area contributed by atoms with Crippen LogP contribution in [0.15, 0.2) is 87.5 Å². The highest BCUT2D eigenvalue weighted by Gasteiger charge is 2.17. The Labute approximate surface area is 209 Å². The number of amides is 1. The predicted octanol–water partition coefficient (Wildman–Crippen LogP) is 5.90. The second-order valence-electron chi connectivity index (χ2n) is 7.09. The Morgan fingerprint density at radius 3 is 2.55 bits per heavy atom. The van der Waals surface area contributed by atoms with Gasteiger partial charge in [-0.05, 0) is 49.4 Å². The van der Waals surface area contributed by atoms with Crippen LogP contribution in [-0.2, 0) is 4.79 Å². The van der Waals surface area contributed by atoms with E-state index in [4.69, 9.17) is 11.6 Å². The van der Waals surface area contributed by atoms with E-state index in [1.54, 1.807) is 6.21 Å². The lowest BCUT2D eigenvalue weighted by Gasteiger charge is -2.10. The van der Waals surface area contributed by atoms with Gasteiger partial charge in [0.2, 0.25) is 0 Å². The van der Waals surface area contributed by atoms with Gasteiger partial charge >= 0.3 is 0 Å². The molecule has 1 amide bonds. The molecule has 0 spiro atoms. The first-order valence-electron chi connectivity index (χ1n) is 9.99. The van der Waals surface area contributed by atoms with E-state index in [-0.39, 0.29) is 11.7 Å². The standard InChI is InChI=1S/C24H19BrClN5OS/c1-16-6-12-20(13-7-16)31-23(17-8-10-19(26)11-9-17)29-30-24(31)33-15-22(32)28-27-14-18-4-2-3-5-21(18)25/h2-14H,15H2,1H3,(H,28,32)/b27-14-. The smallest absolute Gasteiger partial charge is 0.250 e. The number of nitrogens with zero attached hydrogens (tertiary/aromatic N) is 4. The van der Waals surface area contributed by atoms with Crippen molar-refractivity contribution in [3.05, 3.63) is 93.4 Å². The van der Waals surface area contributed by atoms with Crippen LogP contribution in [0.3, 0.4) is 0 Å². The molecule has 3 aromatic carbocycles. The van der Waals surface area contributed by atoms with Gasteiger partial charge in [0.1, 0.15) is 0 Å². The molecule has 9 heteroatoms. The van der Waals surface area contributed by atoms with Crippen LogP contribution in [0.1, 0.15) is 11.1 Å². The summed E-state index contributed by atoms with van der Waals surface area (Å²) >= 11 is 10.8. The summed E-state index contributed by atoms with van der Waals surface area (Å²) in [6.07, 6.45) is 1.60. The molecule has 4 rings (SSSR count). The van der Waals surface area contributed by atoms with Crippen LogP contribution in [0.25, 0.3) is 17.1 Å². The Kier molecular flexibility index (Phi) is 7.59. The Morgan fingerprint density at radius 1 is 1.09 bits per heavy atom. The van der Waals surface area contributed by atoms with E-state index in [2.05, 4.69) is 36.7 Å². The largest absolute Gasteiger partial charge is 0.272 e. The SMILES string of the molecule is Cc1ccc(-n2c(SCC(=O)N/N=C\c3ccccc3Br)nnc2-c2ccc(Cl)cc2)cc1. The van der Waals surface area contributed by atoms with Crippen LogP contribution >= 0.6 is 39.3 Å². The van der Waals surface area contributed by atoms with Crippen LogP contribution in [0.4, 0.5) is 0 Å². The van der Waals surface area contributed by atoms with Crippen LogP contribution in [0.5, 0.6) is 0 Å². The number of carbonyl (C=O) groups excluding carboxylic acids is 1. The molecule has 1 heterocycles. The maximum Gasteiger partial charge on any atom is 0.250 e. The van der Waals surface area contributed by atoms with Crippen molar-refractivity contribution >= 4 is 51.4 Å². The molecule has 0 saturated heterocycles. The van der Waals surface area contributed by atoms with Crippen LogP contribution in [0.2, 0.25) is 5.02 Å². The zero-order valence-corrected chi connectivity index (χ0v) is 20.7. The molecule has 0 bridgehead atoms. The lowest BCUT2D eigenvalue weighted by atomic mass is 10.2. The molecule has 0 atom stereocenters. The number of hydrogen-bond donors (Lipinski definition) is 1. The topological polar surface area (TPSA) is 72.2 Å². The molecule has 166 valence electrons. The van der Waals surface area contributed by atoms with Crippen LogP contribution < -0.4 is 5.43 Å². The van der Waals surface area contributed by atoms with Gasteiger partial charge in [0, 0.05) is 26.3 Å². The molecular formula is C24H19BrClN5OS. The highest BCUT2D eigenvalue weighted by atomic mass is 79.9. The third kappa shape index (κ3) is 5.90. The van der Waals surface area contributed by atoms with Gasteiger partial charge in [0.15, 0.2) is 11.0 Å². The lowest BCUT2D eigenvalue weighted by molar-refractivity contribution is -0.118. The average molecular weight is 541 g/mol. The van der Waals surface area contributed by atoms with E-state index in [0.29, 0.717) is 16.0 Å². The highest BCUT2D eigenvalue weighted by molar-refractivity contribution is 9.10. The number of thioether (sulfide) groups is 1. The molecule has 0 aliphatic heterocycles. The maximum atomic E-state index is 12.4. The second kappa shape index (κ2) is 10.8. The molecule has 0 aliphatic carbocycles. The molecule has 1 aromatic heterocycles. The predicted molar refractivity (Wildman–Crippen MR) is 137 cm³/mol. The maximum absolute atomic E-state index is 12.4. The van der Waals surface area contributed by atoms with Crippen LogP contribution in [-0.4, -0.2) is 32.6 Å². The highest BCUT2D eigenvalue weighted by Crippen LogP contribution is 2.28. The van der Waals surface area contributed by atoms with E-state index < -0.39 is 0 Å². The molecule has 6 nitrogen and oxygen atoms in total. The Hall–Kier alpha value is -2.94. The summed E-state index contributed by atoms with van der Waals surface area (Å²) in [5.74, 6) is 0.568. The van der Waals surface area contributed by atoms with Gasteiger partial charge < -0.3 is 0 Å². The van der Waals surface area contributed by atoms with Crippen molar-refractivity contribution in [2.75, 3.05) is 5.75 Å². The fraction of sp³-hybridized carbons (Fsp3) is 0.0833. The summed E-state index contributed by atoms with van der Waals surface area (Å²) in [6, 6.07) is 23.1. The quantitative estimate of drug-likeness (QED) is 0.180. The summed E-state index contributed by atoms with van der Waals surface area (Å²) in [6.45, 7) is 2.03. The summed E-state index contributed by atoms with van der Waals surface area (Å²) < 4.78 is 2.84. The number of hydrogen-bond acceptors (Lipinski definition) is 5. The fourth-order valence-corrected chi connectivity index (χ4v) is 4.25. The van der Waals surface area contributed by atoms with Crippen LogP contribution in [0, 0.1) is 6.92 Å². The lowest BCUT2D eigenvalue weighted by Crippen LogP contribution is -2.20. The van der Waals surface area contributed by atoms with Gasteiger partial charge in [-0.15, -0.1) is 10.2 Å². The molecule has 0 fully saturated rings. The summed E-state index contributed by atoms with van der Waals surface area (Å²) in [5, 5.41) is 14.0. The van der Waals surface area contributed by atoms with Gasteiger partial charge in [0.05, 0.1) is 12.0 Å². The fourth-order valence-electron chi connectivity index (χ4n) is 2.99. The molecule has 0 saturated carbocycles. The van der Waals surface area contributed by atoms with E-state index in [1.807, 2.05) is 84.3 Å². The van der Waals surface area contributed by atoms with Gasteiger partial charge in [-0.2, -0.15) is 5.10 Å². The Bertz CT molecular complexity index is 1290. The number of rotatable bonds is 7. The monoisotopic (exact) mass is 539 g/mol. The molecule has 33 heavy (non-hydrogen) atoms. The number of hydrazone groups is 1. The third-order valence-electron chi connectivity index (χ3n) is 4.66. The van der Waals surface area contributed by atoms with Crippen molar-refractivity contribution in [1.29, 1.82) is 0 Å². The van der Waals surface area contributed by atoms with Gasteiger partial charge in [-0.3, -0.25) is 9.36 Å². The first-order valence-corrected chi connectivity index (χ1v) is 12.1. The van der Waals surface area contributed by atoms with Gasteiger partial charge in [-0.25, -0.2) is 5.43 Å². The van der Waals surface area contributed by atoms with E-state index in [1.165, 1.54) is 11.8 Å². The minimum Gasteiger partial charge on any atom is -0.272 e. The minimum absolute atomic E-state index is 0.137. The van der Waals surface area contributed by atoms with Gasteiger partial charge in [0.25, 0.3) is 5.91 Å². The molecular weight excluding hydrogens is 522 g/mol. The van der Waals surface area contributed by atoms with Crippen molar-refractivity contribution in [3.63, 3.8) is 0 Å². The second-order valence-corrected chi connectivity index (χ2v) is 9.32. The number of benzene rings is 3. The van der Waals surface area contributed by atoms with E-state index >= 15 is 0 Å². The number of aromatic nitrogens is 3. The summed E-state index contributed by atoms with van der Waals surface area (Å²) in [4.78, 5) is 12.4. The summed E-state index contributed by atoms with van der Waals surface area (Å²) in [5.41, 5.74) is 6.36. The molecule has 0 radical (unpaired) electrons. The normalized spacial score (nSPS) is 11.1. The third-order valence-corrected chi connectivity index (χ3v) is 6.56. The van der Waals surface area contributed by atoms with Crippen molar-refractivity contribution in [2.45, 2.75) is 12.1 Å². The summed E-state index contributed by atoms with van der Waals surface area (Å²) in [7, 11) is 0. The number of aryl methyl sites for hydroxylation is 1. The van der Waals surface area contributed by atoms with E-state index in [9.17, 15) is 4.79 Å². The molecule has 4 aromatic rings.